The zero-order valence-corrected chi connectivity index (χ0v) is 22.8. The Labute approximate surface area is 242 Å². The molecule has 4 atom stereocenters. The lowest BCUT2D eigenvalue weighted by atomic mass is 9.62. The van der Waals surface area contributed by atoms with Gasteiger partial charge < -0.3 is 15.0 Å². The minimum absolute atomic E-state index is 0.265. The van der Waals surface area contributed by atoms with Crippen LogP contribution in [0.5, 0.6) is 5.75 Å². The van der Waals surface area contributed by atoms with Gasteiger partial charge in [-0.05, 0) is 65.2 Å². The third-order valence-electron chi connectivity index (χ3n) is 8.60. The molecule has 0 aromatic heterocycles. The van der Waals surface area contributed by atoms with Crippen LogP contribution < -0.4 is 10.1 Å². The molecule has 41 heavy (non-hydrogen) atoms. The lowest BCUT2D eigenvalue weighted by molar-refractivity contribution is -0.122. The molecule has 0 saturated carbocycles. The first-order chi connectivity index (χ1) is 19.9. The van der Waals surface area contributed by atoms with Crippen molar-refractivity contribution in [2.75, 3.05) is 12.4 Å². The summed E-state index contributed by atoms with van der Waals surface area (Å²) in [7, 11) is 1.54. The maximum Gasteiger partial charge on any atom is 0.238 e. The smallest absolute Gasteiger partial charge is 0.238 e. The van der Waals surface area contributed by atoms with Crippen LogP contribution in [0, 0.1) is 5.92 Å². The fourth-order valence-corrected chi connectivity index (χ4v) is 7.03. The Morgan fingerprint density at radius 1 is 0.878 bits per heavy atom. The number of ketones is 2. The summed E-state index contributed by atoms with van der Waals surface area (Å²) in [5, 5.41) is 3.55. The van der Waals surface area contributed by atoms with Crippen LogP contribution in [-0.4, -0.2) is 35.5 Å². The van der Waals surface area contributed by atoms with E-state index < -0.39 is 23.4 Å². The van der Waals surface area contributed by atoms with Crippen LogP contribution in [0.1, 0.15) is 43.4 Å². The molecule has 6 nitrogen and oxygen atoms in total. The Kier molecular flexibility index (Phi) is 5.84. The lowest BCUT2D eigenvalue weighted by Crippen LogP contribution is -2.49. The van der Waals surface area contributed by atoms with Crippen molar-refractivity contribution in [2.24, 2.45) is 5.92 Å². The second-order valence-corrected chi connectivity index (χ2v) is 11.0. The molecule has 7 heteroatoms. The molecule has 202 valence electrons. The number of hydrogen-bond acceptors (Lipinski definition) is 5. The molecule has 0 bridgehead atoms. The van der Waals surface area contributed by atoms with Gasteiger partial charge in [-0.15, -0.1) is 0 Å². The van der Waals surface area contributed by atoms with E-state index in [0.717, 1.165) is 11.1 Å². The van der Waals surface area contributed by atoms with E-state index in [1.54, 1.807) is 55.6 Å². The number of hydrogen-bond donors (Lipinski definition) is 1. The number of halogens is 1. The van der Waals surface area contributed by atoms with Crippen molar-refractivity contribution in [3.8, 4) is 5.75 Å². The minimum Gasteiger partial charge on any atom is -0.497 e. The summed E-state index contributed by atoms with van der Waals surface area (Å²) in [5.74, 6) is -1.38. The fraction of sp³-hybridized carbons (Fsp3) is 0.147. The summed E-state index contributed by atoms with van der Waals surface area (Å²) in [6.07, 6.45) is 3.81. The average Bonchev–Trinajstić information content (AvgIpc) is 3.49. The summed E-state index contributed by atoms with van der Waals surface area (Å²) in [6.45, 7) is 0. The highest BCUT2D eigenvalue weighted by atomic mass is 35.5. The number of nitrogens with zero attached hydrogens (tertiary/aromatic N) is 1. The zero-order valence-electron chi connectivity index (χ0n) is 22.1. The largest absolute Gasteiger partial charge is 0.497 e. The van der Waals surface area contributed by atoms with Gasteiger partial charge in [-0.25, -0.2) is 0 Å². The molecule has 4 aromatic rings. The molecule has 3 aliphatic rings. The quantitative estimate of drug-likeness (QED) is 0.289. The third kappa shape index (κ3) is 3.60. The highest BCUT2D eigenvalue weighted by Crippen LogP contribution is 2.62. The van der Waals surface area contributed by atoms with E-state index in [9.17, 15) is 14.4 Å². The Bertz CT molecular complexity index is 1760. The number of methoxy groups -OCH3 is 1. The molecule has 1 fully saturated rings. The molecule has 1 N–H and O–H groups in total. The van der Waals surface area contributed by atoms with Crippen molar-refractivity contribution in [2.45, 2.75) is 17.5 Å². The van der Waals surface area contributed by atoms with Crippen molar-refractivity contribution >= 4 is 40.8 Å². The van der Waals surface area contributed by atoms with E-state index in [4.69, 9.17) is 16.3 Å². The van der Waals surface area contributed by atoms with Crippen molar-refractivity contribution in [3.63, 3.8) is 0 Å². The maximum absolute atomic E-state index is 14.7. The van der Waals surface area contributed by atoms with Crippen LogP contribution in [0.3, 0.4) is 0 Å². The summed E-state index contributed by atoms with van der Waals surface area (Å²) in [5.41, 5.74) is 2.59. The third-order valence-corrected chi connectivity index (χ3v) is 8.86. The van der Waals surface area contributed by atoms with Gasteiger partial charge >= 0.3 is 0 Å². The van der Waals surface area contributed by atoms with E-state index in [2.05, 4.69) is 5.32 Å². The molecule has 0 radical (unpaired) electrons. The molecule has 1 amide bonds. The second kappa shape index (κ2) is 9.46. The van der Waals surface area contributed by atoms with Crippen LogP contribution in [0.4, 0.5) is 5.69 Å². The van der Waals surface area contributed by atoms with Crippen LogP contribution in [0.25, 0.3) is 6.08 Å². The van der Waals surface area contributed by atoms with E-state index >= 15 is 0 Å². The Morgan fingerprint density at radius 2 is 1.63 bits per heavy atom. The van der Waals surface area contributed by atoms with Crippen molar-refractivity contribution in [1.29, 1.82) is 0 Å². The number of amides is 1. The predicted molar refractivity (Wildman–Crippen MR) is 157 cm³/mol. The van der Waals surface area contributed by atoms with Crippen molar-refractivity contribution in [3.05, 3.63) is 136 Å². The summed E-state index contributed by atoms with van der Waals surface area (Å²) in [6, 6.07) is 27.3. The monoisotopic (exact) mass is 560 g/mol. The number of Topliss-reactive ketones (excluding diaryl/α,β-unsaturated/α-hetero) is 2. The average molecular weight is 561 g/mol. The zero-order chi connectivity index (χ0) is 28.3. The van der Waals surface area contributed by atoms with Gasteiger partial charge in [0, 0.05) is 28.0 Å². The van der Waals surface area contributed by atoms with Gasteiger partial charge in [-0.3, -0.25) is 14.4 Å². The van der Waals surface area contributed by atoms with Gasteiger partial charge in [0.05, 0.1) is 19.1 Å². The standard InChI is InChI=1S/C34H25ClN2O4/c1-41-24-9-6-8-22(19-24)31(39)29-28(30(38)21-13-15-23(35)16-14-21)34(26-11-4-5-12-27(26)36-33(34)40)32-25-10-3-2-7-20(25)17-18-37(29)32/h2-19,28-29,32H,1H3,(H,36,40)/t28-,29-,32+,34+/m0/s1. The van der Waals surface area contributed by atoms with Crippen LogP contribution in [-0.2, 0) is 10.2 Å². The molecule has 3 aliphatic heterocycles. The minimum atomic E-state index is -1.38. The number of rotatable bonds is 5. The molecular formula is C34H25ClN2O4. The first-order valence-corrected chi connectivity index (χ1v) is 13.8. The SMILES string of the molecule is COc1cccc(C(=O)[C@@H]2[C@@H](C(=O)c3ccc(Cl)cc3)[C@@]3(C(=O)Nc4ccccc43)[C@H]3c4ccccc4C=CN23)c1. The highest BCUT2D eigenvalue weighted by molar-refractivity contribution is 6.30. The normalized spacial score (nSPS) is 23.5. The number of benzene rings is 4. The lowest BCUT2D eigenvalue weighted by Gasteiger charge is -2.38. The predicted octanol–water partition coefficient (Wildman–Crippen LogP) is 6.33. The molecular weight excluding hydrogens is 536 g/mol. The van der Waals surface area contributed by atoms with E-state index in [-0.39, 0.29) is 17.5 Å². The van der Waals surface area contributed by atoms with E-state index in [0.29, 0.717) is 33.1 Å². The van der Waals surface area contributed by atoms with Gasteiger partial charge in [-0.2, -0.15) is 0 Å². The second-order valence-electron chi connectivity index (χ2n) is 10.6. The number of anilines is 1. The topological polar surface area (TPSA) is 75.7 Å². The van der Waals surface area contributed by atoms with Gasteiger partial charge in [-0.1, -0.05) is 66.2 Å². The first kappa shape index (κ1) is 25.3. The summed E-state index contributed by atoms with van der Waals surface area (Å²) in [4.78, 5) is 45.7. The van der Waals surface area contributed by atoms with E-state index in [1.807, 2.05) is 65.7 Å². The Balaban J connectivity index is 1.53. The first-order valence-electron chi connectivity index (χ1n) is 13.4. The number of fused-ring (bicyclic) bond motifs is 6. The molecule has 1 spiro atoms. The van der Waals surface area contributed by atoms with Crippen molar-refractivity contribution in [1.82, 2.24) is 4.90 Å². The van der Waals surface area contributed by atoms with Crippen LogP contribution >= 0.6 is 11.6 Å². The van der Waals surface area contributed by atoms with E-state index in [1.165, 1.54) is 0 Å². The molecule has 3 heterocycles. The van der Waals surface area contributed by atoms with Gasteiger partial charge in [0.2, 0.25) is 5.91 Å². The number of nitrogens with one attached hydrogen (secondary N) is 1. The Morgan fingerprint density at radius 3 is 2.44 bits per heavy atom. The molecule has 7 rings (SSSR count). The maximum atomic E-state index is 14.7. The van der Waals surface area contributed by atoms with Gasteiger partial charge in [0.15, 0.2) is 11.6 Å². The highest BCUT2D eigenvalue weighted by Gasteiger charge is 2.70. The van der Waals surface area contributed by atoms with Crippen molar-refractivity contribution < 1.29 is 19.1 Å². The summed E-state index contributed by atoms with van der Waals surface area (Å²) >= 11 is 6.17. The molecule has 0 aliphatic carbocycles. The Hall–Kier alpha value is -4.68. The number of ether oxygens (including phenoxy) is 1. The molecule has 1 saturated heterocycles. The van der Waals surface area contributed by atoms with Crippen LogP contribution in [0.15, 0.2) is 103 Å². The number of carbonyl (C=O) groups excluding carboxylic acids is 3. The van der Waals surface area contributed by atoms with Gasteiger partial charge in [0.1, 0.15) is 17.2 Å². The van der Waals surface area contributed by atoms with Crippen LogP contribution in [0.2, 0.25) is 5.02 Å². The van der Waals surface area contributed by atoms with Gasteiger partial charge in [0.25, 0.3) is 0 Å². The molecule has 4 aromatic carbocycles. The molecule has 0 unspecified atom stereocenters. The number of carbonyl (C=O) groups is 3. The number of para-hydroxylation sites is 1. The fourth-order valence-electron chi connectivity index (χ4n) is 6.91. The summed E-state index contributed by atoms with van der Waals surface area (Å²) < 4.78 is 5.41.